The van der Waals surface area contributed by atoms with Crippen LogP contribution in [0.3, 0.4) is 0 Å². The van der Waals surface area contributed by atoms with Gasteiger partial charge in [-0.2, -0.15) is 0 Å². The highest BCUT2D eigenvalue weighted by Gasteiger charge is 2.37. The first-order chi connectivity index (χ1) is 15.0. The van der Waals surface area contributed by atoms with Gasteiger partial charge in [0, 0.05) is 18.2 Å². The van der Waals surface area contributed by atoms with Crippen LogP contribution in [0, 0.1) is 12.3 Å². The number of benzene rings is 1. The molecule has 9 nitrogen and oxygen atoms in total. The lowest BCUT2D eigenvalue weighted by Gasteiger charge is -2.27. The summed E-state index contributed by atoms with van der Waals surface area (Å²) in [5, 5.41) is 20.0. The van der Waals surface area contributed by atoms with Gasteiger partial charge < -0.3 is 33.9 Å². The fourth-order valence-electron chi connectivity index (χ4n) is 3.58. The third kappa shape index (κ3) is 4.90. The molecule has 0 aliphatic carbocycles. The molecule has 32 heavy (non-hydrogen) atoms. The highest BCUT2D eigenvalue weighted by atomic mass is 16.8. The SMILES string of the molecule is CCOC(OC)Oc1c(CC=C(C)C(O)C(C)(C)C(=O)O)c(OC)c(C)c2c1C(=O)OC2. The van der Waals surface area contributed by atoms with E-state index in [0.717, 1.165) is 5.56 Å². The minimum Gasteiger partial charge on any atom is -0.496 e. The molecule has 0 fully saturated rings. The lowest BCUT2D eigenvalue weighted by atomic mass is 9.82. The second-order valence-corrected chi connectivity index (χ2v) is 8.07. The standard InChI is InChI=1S/C23H32O9/c1-8-30-22(29-7)32-18-14(10-9-12(2)19(24)23(4,5)21(26)27)17(28-6)13(3)15-11-31-20(25)16(15)18/h9,19,22,24H,8,10-11H2,1-7H3,(H,26,27). The number of rotatable bonds is 11. The van der Waals surface area contributed by atoms with E-state index in [9.17, 15) is 19.8 Å². The van der Waals surface area contributed by atoms with Crippen molar-refractivity contribution in [3.05, 3.63) is 33.9 Å². The number of allylic oxidation sites excluding steroid dienone is 1. The van der Waals surface area contributed by atoms with Gasteiger partial charge in [-0.1, -0.05) is 6.08 Å². The van der Waals surface area contributed by atoms with Crippen LogP contribution in [0.2, 0.25) is 0 Å². The number of methoxy groups -OCH3 is 2. The van der Waals surface area contributed by atoms with Crippen molar-refractivity contribution in [2.75, 3.05) is 20.8 Å². The molecular weight excluding hydrogens is 420 g/mol. The molecule has 1 aliphatic heterocycles. The molecule has 2 atom stereocenters. The number of aliphatic carboxylic acids is 1. The second kappa shape index (κ2) is 10.3. The van der Waals surface area contributed by atoms with Crippen molar-refractivity contribution in [1.82, 2.24) is 0 Å². The van der Waals surface area contributed by atoms with Gasteiger partial charge in [0.2, 0.25) is 0 Å². The Kier molecular flexibility index (Phi) is 8.28. The van der Waals surface area contributed by atoms with Gasteiger partial charge in [-0.25, -0.2) is 4.79 Å². The number of hydrogen-bond acceptors (Lipinski definition) is 8. The molecule has 2 N–H and O–H groups in total. The van der Waals surface area contributed by atoms with Gasteiger partial charge in [-0.05, 0) is 52.2 Å². The average molecular weight is 453 g/mol. The summed E-state index contributed by atoms with van der Waals surface area (Å²) in [5.41, 5.74) is 1.28. The largest absolute Gasteiger partial charge is 0.496 e. The van der Waals surface area contributed by atoms with E-state index in [-0.39, 0.29) is 24.3 Å². The zero-order valence-electron chi connectivity index (χ0n) is 19.6. The first-order valence-electron chi connectivity index (χ1n) is 10.3. The first-order valence-corrected chi connectivity index (χ1v) is 10.3. The van der Waals surface area contributed by atoms with Crippen LogP contribution in [0.25, 0.3) is 0 Å². The molecule has 2 unspecified atom stereocenters. The summed E-state index contributed by atoms with van der Waals surface area (Å²) in [6.45, 7) is 7.50. The summed E-state index contributed by atoms with van der Waals surface area (Å²) in [7, 11) is 2.92. The van der Waals surface area contributed by atoms with Crippen LogP contribution in [0.15, 0.2) is 11.6 Å². The van der Waals surface area contributed by atoms with Crippen molar-refractivity contribution in [3.63, 3.8) is 0 Å². The Balaban J connectivity index is 2.60. The molecule has 0 radical (unpaired) electrons. The second-order valence-electron chi connectivity index (χ2n) is 8.07. The number of cyclic esters (lactones) is 1. The predicted octanol–water partition coefficient (Wildman–Crippen LogP) is 2.98. The summed E-state index contributed by atoms with van der Waals surface area (Å²) in [6, 6.07) is 0. The molecular formula is C23H32O9. The summed E-state index contributed by atoms with van der Waals surface area (Å²) in [4.78, 5) is 24.0. The van der Waals surface area contributed by atoms with E-state index in [0.29, 0.717) is 29.1 Å². The van der Waals surface area contributed by atoms with Crippen LogP contribution >= 0.6 is 0 Å². The molecule has 1 aliphatic rings. The zero-order valence-corrected chi connectivity index (χ0v) is 19.6. The van der Waals surface area contributed by atoms with E-state index < -0.39 is 29.9 Å². The van der Waals surface area contributed by atoms with Crippen molar-refractivity contribution >= 4 is 11.9 Å². The van der Waals surface area contributed by atoms with E-state index in [2.05, 4.69) is 0 Å². The Morgan fingerprint density at radius 1 is 1.28 bits per heavy atom. The van der Waals surface area contributed by atoms with Crippen LogP contribution in [0.1, 0.15) is 54.7 Å². The number of carbonyl (C=O) groups excluding carboxylic acids is 1. The van der Waals surface area contributed by atoms with Gasteiger partial charge in [0.25, 0.3) is 0 Å². The summed E-state index contributed by atoms with van der Waals surface area (Å²) < 4.78 is 27.5. The molecule has 9 heteroatoms. The molecule has 0 aromatic heterocycles. The van der Waals surface area contributed by atoms with E-state index >= 15 is 0 Å². The molecule has 1 aromatic carbocycles. The quantitative estimate of drug-likeness (QED) is 0.296. The van der Waals surface area contributed by atoms with Gasteiger partial charge in [-0.15, -0.1) is 0 Å². The van der Waals surface area contributed by atoms with Crippen molar-refractivity contribution in [3.8, 4) is 11.5 Å². The Morgan fingerprint density at radius 2 is 1.94 bits per heavy atom. The normalized spacial score (nSPS) is 15.8. The smallest absolute Gasteiger partial charge is 0.342 e. The van der Waals surface area contributed by atoms with Crippen LogP contribution in [-0.2, 0) is 32.0 Å². The Morgan fingerprint density at radius 3 is 2.47 bits per heavy atom. The molecule has 178 valence electrons. The molecule has 0 saturated heterocycles. The molecule has 2 rings (SSSR count). The van der Waals surface area contributed by atoms with Crippen molar-refractivity contribution in [2.45, 2.75) is 60.2 Å². The lowest BCUT2D eigenvalue weighted by Crippen LogP contribution is -2.37. The summed E-state index contributed by atoms with van der Waals surface area (Å²) in [5.74, 6) is -0.933. The minimum atomic E-state index is -1.38. The van der Waals surface area contributed by atoms with Gasteiger partial charge in [-0.3, -0.25) is 4.79 Å². The number of hydrogen-bond donors (Lipinski definition) is 2. The number of aliphatic hydroxyl groups is 1. The van der Waals surface area contributed by atoms with Crippen LogP contribution in [-0.4, -0.2) is 55.6 Å². The highest BCUT2D eigenvalue weighted by Crippen LogP contribution is 2.43. The van der Waals surface area contributed by atoms with Crippen LogP contribution < -0.4 is 9.47 Å². The summed E-state index contributed by atoms with van der Waals surface area (Å²) in [6.07, 6.45) is 0.668. The molecule has 1 aromatic rings. The lowest BCUT2D eigenvalue weighted by molar-refractivity contribution is -0.231. The Bertz CT molecular complexity index is 901. The van der Waals surface area contributed by atoms with Gasteiger partial charge in [0.15, 0.2) is 0 Å². The van der Waals surface area contributed by atoms with Crippen molar-refractivity contribution < 1.29 is 43.5 Å². The number of fused-ring (bicyclic) bond motifs is 1. The number of carboxylic acid groups (broad SMARTS) is 1. The van der Waals surface area contributed by atoms with E-state index in [1.54, 1.807) is 19.9 Å². The molecule has 0 bridgehead atoms. The van der Waals surface area contributed by atoms with Crippen molar-refractivity contribution in [2.24, 2.45) is 5.41 Å². The van der Waals surface area contributed by atoms with Crippen molar-refractivity contribution in [1.29, 1.82) is 0 Å². The number of ether oxygens (including phenoxy) is 5. The fourth-order valence-corrected chi connectivity index (χ4v) is 3.58. The maximum Gasteiger partial charge on any atom is 0.342 e. The van der Waals surface area contributed by atoms with E-state index in [1.807, 2.05) is 6.92 Å². The third-order valence-electron chi connectivity index (χ3n) is 5.63. The van der Waals surface area contributed by atoms with Crippen LogP contribution in [0.4, 0.5) is 0 Å². The molecule has 0 saturated carbocycles. The predicted molar refractivity (Wildman–Crippen MR) is 115 cm³/mol. The minimum absolute atomic E-state index is 0.0969. The van der Waals surface area contributed by atoms with E-state index in [1.165, 1.54) is 28.1 Å². The fraction of sp³-hybridized carbons (Fsp3) is 0.565. The van der Waals surface area contributed by atoms with Gasteiger partial charge in [0.1, 0.15) is 23.7 Å². The Labute approximate surface area is 187 Å². The number of aliphatic hydroxyl groups excluding tert-OH is 1. The maximum absolute atomic E-state index is 12.5. The first kappa shape index (κ1) is 25.6. The van der Waals surface area contributed by atoms with E-state index in [4.69, 9.17) is 23.7 Å². The number of esters is 1. The molecule has 0 spiro atoms. The molecule has 1 heterocycles. The highest BCUT2D eigenvalue weighted by molar-refractivity contribution is 5.98. The van der Waals surface area contributed by atoms with Gasteiger partial charge in [0.05, 0.1) is 25.2 Å². The number of carbonyl (C=O) groups is 2. The van der Waals surface area contributed by atoms with Gasteiger partial charge >= 0.3 is 18.4 Å². The third-order valence-corrected chi connectivity index (χ3v) is 5.63. The zero-order chi connectivity index (χ0) is 24.2. The van der Waals surface area contributed by atoms with Crippen LogP contribution in [0.5, 0.6) is 11.5 Å². The molecule has 0 amide bonds. The number of carboxylic acids is 1. The topological polar surface area (TPSA) is 121 Å². The monoisotopic (exact) mass is 452 g/mol. The summed E-state index contributed by atoms with van der Waals surface area (Å²) >= 11 is 0. The maximum atomic E-state index is 12.5. The Hall–Kier alpha value is -2.62. The average Bonchev–Trinajstić information content (AvgIpc) is 3.14.